The van der Waals surface area contributed by atoms with Crippen LogP contribution in [0.1, 0.15) is 33.4 Å². The van der Waals surface area contributed by atoms with E-state index in [1.54, 1.807) is 0 Å². The van der Waals surface area contributed by atoms with Gasteiger partial charge < -0.3 is 9.53 Å². The van der Waals surface area contributed by atoms with Crippen LogP contribution in [0.5, 0.6) is 5.75 Å². The lowest BCUT2D eigenvalue weighted by atomic mass is 10.2. The topological polar surface area (TPSA) is 64.4 Å². The number of hydrogen-bond acceptors (Lipinski definition) is 3. The highest BCUT2D eigenvalue weighted by atomic mass is 28.4. The molecule has 0 saturated carbocycles. The summed E-state index contributed by atoms with van der Waals surface area (Å²) in [6.07, 6.45) is -0.441. The van der Waals surface area contributed by atoms with Gasteiger partial charge in [-0.05, 0) is 34.0 Å². The highest BCUT2D eigenvalue weighted by Crippen LogP contribution is 2.38. The standard InChI is InChI=1S/C26H28N2O3Si/c1-5-23-22-17-16-19(18-24(22)28(27-23)25(29)30)31-32(26(2,3)4,20-12-8-6-9-13-20)21-14-10-7-11-15-21/h6-18H,5H2,1-4H3,(H,29,30). The van der Waals surface area contributed by atoms with Crippen molar-refractivity contribution in [1.82, 2.24) is 9.78 Å². The van der Waals surface area contributed by atoms with E-state index in [0.29, 0.717) is 17.7 Å². The van der Waals surface area contributed by atoms with Gasteiger partial charge in [0.15, 0.2) is 0 Å². The molecule has 0 aliphatic carbocycles. The molecule has 0 amide bonds. The van der Waals surface area contributed by atoms with Crippen LogP contribution in [0.25, 0.3) is 10.9 Å². The van der Waals surface area contributed by atoms with Crippen molar-refractivity contribution in [2.24, 2.45) is 0 Å². The maximum Gasteiger partial charge on any atom is 0.432 e. The van der Waals surface area contributed by atoms with Gasteiger partial charge in [-0.2, -0.15) is 9.78 Å². The Morgan fingerprint density at radius 1 is 0.969 bits per heavy atom. The number of hydrogen-bond donors (Lipinski definition) is 1. The molecule has 0 fully saturated rings. The Kier molecular flexibility index (Phi) is 5.65. The van der Waals surface area contributed by atoms with E-state index in [-0.39, 0.29) is 5.04 Å². The fraction of sp³-hybridized carbons (Fsp3) is 0.231. The fourth-order valence-electron chi connectivity index (χ4n) is 4.46. The first kappa shape index (κ1) is 21.8. The van der Waals surface area contributed by atoms with Crippen LogP contribution in [0.15, 0.2) is 78.9 Å². The second-order valence-corrected chi connectivity index (χ2v) is 13.2. The molecular formula is C26H28N2O3Si. The predicted octanol–water partition coefficient (Wildman–Crippen LogP) is 5.06. The molecule has 5 nitrogen and oxygen atoms in total. The van der Waals surface area contributed by atoms with Gasteiger partial charge in [0.05, 0.1) is 11.2 Å². The summed E-state index contributed by atoms with van der Waals surface area (Å²) < 4.78 is 8.08. The molecule has 0 bridgehead atoms. The number of carboxylic acid groups (broad SMARTS) is 1. The summed E-state index contributed by atoms with van der Waals surface area (Å²) in [6, 6.07) is 26.4. The van der Waals surface area contributed by atoms with E-state index in [1.807, 2.05) is 61.5 Å². The van der Waals surface area contributed by atoms with Crippen molar-refractivity contribution in [3.63, 3.8) is 0 Å². The van der Waals surface area contributed by atoms with Gasteiger partial charge in [0, 0.05) is 11.5 Å². The van der Waals surface area contributed by atoms with Gasteiger partial charge in [-0.15, -0.1) is 0 Å². The lowest BCUT2D eigenvalue weighted by Crippen LogP contribution is -2.68. The maximum atomic E-state index is 11.8. The Bertz CT molecular complexity index is 1210. The monoisotopic (exact) mass is 444 g/mol. The van der Waals surface area contributed by atoms with Gasteiger partial charge in [-0.25, -0.2) is 4.79 Å². The predicted molar refractivity (Wildman–Crippen MR) is 131 cm³/mol. The third-order valence-electron chi connectivity index (χ3n) is 5.93. The minimum atomic E-state index is -2.80. The van der Waals surface area contributed by atoms with Crippen molar-refractivity contribution >= 4 is 35.7 Å². The lowest BCUT2D eigenvalue weighted by Gasteiger charge is -2.43. The highest BCUT2D eigenvalue weighted by molar-refractivity contribution is 7.00. The zero-order chi connectivity index (χ0) is 22.9. The molecular weight excluding hydrogens is 416 g/mol. The smallest absolute Gasteiger partial charge is 0.432 e. The molecule has 0 saturated heterocycles. The minimum Gasteiger partial charge on any atom is -0.534 e. The summed E-state index contributed by atoms with van der Waals surface area (Å²) in [4.78, 5) is 11.8. The van der Waals surface area contributed by atoms with Gasteiger partial charge in [0.2, 0.25) is 0 Å². The van der Waals surface area contributed by atoms with Crippen LogP contribution in [-0.2, 0) is 6.42 Å². The van der Waals surface area contributed by atoms with Crippen molar-refractivity contribution in [3.05, 3.63) is 84.6 Å². The Hall–Kier alpha value is -3.38. The molecule has 32 heavy (non-hydrogen) atoms. The van der Waals surface area contributed by atoms with E-state index in [9.17, 15) is 9.90 Å². The quantitative estimate of drug-likeness (QED) is 0.437. The molecule has 0 spiro atoms. The largest absolute Gasteiger partial charge is 0.534 e. The van der Waals surface area contributed by atoms with Gasteiger partial charge >= 0.3 is 14.4 Å². The first-order valence-corrected chi connectivity index (χ1v) is 12.7. The Balaban J connectivity index is 1.95. The molecule has 0 unspecified atom stereocenters. The van der Waals surface area contributed by atoms with Crippen molar-refractivity contribution < 1.29 is 14.3 Å². The van der Waals surface area contributed by atoms with E-state index in [1.165, 1.54) is 10.4 Å². The van der Waals surface area contributed by atoms with Gasteiger partial charge in [0.25, 0.3) is 0 Å². The van der Waals surface area contributed by atoms with Crippen LogP contribution < -0.4 is 14.8 Å². The average Bonchev–Trinajstić information content (AvgIpc) is 3.16. The molecule has 1 heterocycles. The molecule has 1 aromatic heterocycles. The summed E-state index contributed by atoms with van der Waals surface area (Å²) in [5.74, 6) is 0.650. The molecule has 1 N–H and O–H groups in total. The second-order valence-electron chi connectivity index (χ2n) is 8.94. The third-order valence-corrected chi connectivity index (χ3v) is 10.9. The number of aromatic nitrogens is 2. The van der Waals surface area contributed by atoms with Gasteiger partial charge in [-0.3, -0.25) is 0 Å². The summed E-state index contributed by atoms with van der Waals surface area (Å²) >= 11 is 0. The van der Waals surface area contributed by atoms with E-state index >= 15 is 0 Å². The Labute approximate surface area is 189 Å². The summed E-state index contributed by atoms with van der Waals surface area (Å²) in [7, 11) is -2.80. The summed E-state index contributed by atoms with van der Waals surface area (Å²) in [5.41, 5.74) is 1.31. The van der Waals surface area contributed by atoms with Crippen molar-refractivity contribution in [2.75, 3.05) is 0 Å². The molecule has 0 aliphatic heterocycles. The highest BCUT2D eigenvalue weighted by Gasteiger charge is 2.52. The minimum absolute atomic E-state index is 0.188. The normalized spacial score (nSPS) is 12.1. The van der Waals surface area contributed by atoms with Crippen LogP contribution in [-0.4, -0.2) is 29.3 Å². The van der Waals surface area contributed by atoms with Crippen LogP contribution in [0.4, 0.5) is 4.79 Å². The van der Waals surface area contributed by atoms with Gasteiger partial charge in [0.1, 0.15) is 5.75 Å². The van der Waals surface area contributed by atoms with Crippen LogP contribution in [0, 0.1) is 0 Å². The molecule has 0 radical (unpaired) electrons. The summed E-state index contributed by atoms with van der Waals surface area (Å²) in [5, 5.41) is 16.9. The molecule has 0 aliphatic rings. The first-order chi connectivity index (χ1) is 15.3. The SMILES string of the molecule is CCc1nn(C(=O)O)c2cc(O[Si](c3ccccc3)(c3ccccc3)C(C)(C)C)ccc12. The fourth-order valence-corrected chi connectivity index (χ4v) is 8.87. The van der Waals surface area contributed by atoms with E-state index in [2.05, 4.69) is 50.1 Å². The van der Waals surface area contributed by atoms with E-state index in [4.69, 9.17) is 4.43 Å². The van der Waals surface area contributed by atoms with Crippen LogP contribution in [0.3, 0.4) is 0 Å². The number of aryl methyl sites for hydroxylation is 1. The average molecular weight is 445 g/mol. The number of nitrogens with zero attached hydrogens (tertiary/aromatic N) is 2. The lowest BCUT2D eigenvalue weighted by molar-refractivity contribution is 0.194. The van der Waals surface area contributed by atoms with Gasteiger partial charge in [-0.1, -0.05) is 88.4 Å². The molecule has 164 valence electrons. The van der Waals surface area contributed by atoms with Crippen LogP contribution >= 0.6 is 0 Å². The zero-order valence-electron chi connectivity index (χ0n) is 18.9. The van der Waals surface area contributed by atoms with Crippen molar-refractivity contribution in [1.29, 1.82) is 0 Å². The van der Waals surface area contributed by atoms with E-state index in [0.717, 1.165) is 15.8 Å². The van der Waals surface area contributed by atoms with Crippen LogP contribution in [0.2, 0.25) is 5.04 Å². The number of fused-ring (bicyclic) bond motifs is 1. The molecule has 4 rings (SSSR count). The third kappa shape index (κ3) is 3.60. The second kappa shape index (κ2) is 8.28. The molecule has 3 aromatic carbocycles. The maximum absolute atomic E-state index is 11.8. The Morgan fingerprint density at radius 2 is 1.53 bits per heavy atom. The number of rotatable bonds is 5. The number of benzene rings is 3. The van der Waals surface area contributed by atoms with Crippen molar-refractivity contribution in [3.8, 4) is 5.75 Å². The first-order valence-electron chi connectivity index (χ1n) is 10.8. The zero-order valence-corrected chi connectivity index (χ0v) is 19.9. The Morgan fingerprint density at radius 3 is 2.00 bits per heavy atom. The summed E-state index contributed by atoms with van der Waals surface area (Å²) in [6.45, 7) is 8.62. The molecule has 6 heteroatoms. The van der Waals surface area contributed by atoms with Crippen molar-refractivity contribution in [2.45, 2.75) is 39.2 Å². The molecule has 0 atom stereocenters. The number of carbonyl (C=O) groups is 1. The molecule has 4 aromatic rings. The van der Waals surface area contributed by atoms with E-state index < -0.39 is 14.4 Å².